The lowest BCUT2D eigenvalue weighted by molar-refractivity contribution is 0.344. The highest BCUT2D eigenvalue weighted by molar-refractivity contribution is 5.55. The second kappa shape index (κ2) is 6.91. The second-order valence-corrected chi connectivity index (χ2v) is 6.57. The van der Waals surface area contributed by atoms with E-state index in [2.05, 4.69) is 44.2 Å². The number of rotatable bonds is 5. The van der Waals surface area contributed by atoms with E-state index in [9.17, 15) is 5.26 Å². The first-order valence-electron chi connectivity index (χ1n) is 7.85. The average molecular weight is 286 g/mol. The van der Waals surface area contributed by atoms with Crippen LogP contribution in [0.25, 0.3) is 0 Å². The van der Waals surface area contributed by atoms with Gasteiger partial charge >= 0.3 is 0 Å². The maximum absolute atomic E-state index is 9.41. The van der Waals surface area contributed by atoms with Gasteiger partial charge in [0.1, 0.15) is 11.9 Å². The zero-order chi connectivity index (χ0) is 15.4. The van der Waals surface area contributed by atoms with E-state index in [1.54, 1.807) is 0 Å². The lowest BCUT2D eigenvalue weighted by Gasteiger charge is -2.27. The molecular formula is C17H26N4. The van der Waals surface area contributed by atoms with Gasteiger partial charge in [-0.1, -0.05) is 13.8 Å². The van der Waals surface area contributed by atoms with E-state index in [1.807, 2.05) is 6.07 Å². The Hall–Kier alpha value is -1.60. The normalized spacial score (nSPS) is 15.7. The van der Waals surface area contributed by atoms with Crippen LogP contribution in [0.3, 0.4) is 0 Å². The van der Waals surface area contributed by atoms with Gasteiger partial charge in [-0.05, 0) is 57.3 Å². The van der Waals surface area contributed by atoms with Crippen LogP contribution in [-0.2, 0) is 12.8 Å². The fourth-order valence-electron chi connectivity index (χ4n) is 2.82. The predicted octanol–water partition coefficient (Wildman–Crippen LogP) is 2.83. The Bertz CT molecular complexity index is 528. The molecule has 1 aromatic rings. The first kappa shape index (κ1) is 15.8. The molecule has 1 N–H and O–H groups in total. The molecule has 0 spiro atoms. The molecular weight excluding hydrogens is 260 g/mol. The van der Waals surface area contributed by atoms with Crippen molar-refractivity contribution in [2.24, 2.45) is 5.92 Å². The largest absolute Gasteiger partial charge is 0.365 e. The van der Waals surface area contributed by atoms with Crippen molar-refractivity contribution in [3.8, 4) is 6.07 Å². The van der Waals surface area contributed by atoms with Gasteiger partial charge in [0.2, 0.25) is 0 Å². The summed E-state index contributed by atoms with van der Waals surface area (Å²) in [6.45, 7) is 5.33. The molecule has 1 aliphatic carbocycles. The highest BCUT2D eigenvalue weighted by Gasteiger charge is 2.19. The van der Waals surface area contributed by atoms with E-state index in [-0.39, 0.29) is 0 Å². The molecule has 114 valence electrons. The first-order chi connectivity index (χ1) is 10.0. The zero-order valence-electron chi connectivity index (χ0n) is 13.6. The van der Waals surface area contributed by atoms with Crippen molar-refractivity contribution in [3.05, 3.63) is 22.9 Å². The van der Waals surface area contributed by atoms with Crippen molar-refractivity contribution >= 4 is 5.82 Å². The Labute approximate surface area is 128 Å². The van der Waals surface area contributed by atoms with Crippen molar-refractivity contribution in [2.45, 2.75) is 45.6 Å². The van der Waals surface area contributed by atoms with Crippen molar-refractivity contribution in [3.63, 3.8) is 0 Å². The third-order valence-electron chi connectivity index (χ3n) is 4.11. The van der Waals surface area contributed by atoms with Crippen LogP contribution in [-0.4, -0.2) is 36.6 Å². The smallest absolute Gasteiger partial charge is 0.144 e. The number of aryl methyl sites for hydroxylation is 2. The van der Waals surface area contributed by atoms with Crippen LogP contribution in [0, 0.1) is 17.2 Å². The summed E-state index contributed by atoms with van der Waals surface area (Å²) in [4.78, 5) is 6.93. The summed E-state index contributed by atoms with van der Waals surface area (Å²) in [6, 6.07) is 4.64. The standard InChI is InChI=1S/C17H26N4/c1-12(2)16(11-21(3)4)20-17-14(10-18)9-13-7-5-6-8-15(13)19-17/h9,12,16H,5-8,11H2,1-4H3,(H,19,20). The minimum atomic E-state index is 0.293. The lowest BCUT2D eigenvalue weighted by Crippen LogP contribution is -2.37. The van der Waals surface area contributed by atoms with Gasteiger partial charge in [0.05, 0.1) is 5.56 Å². The molecule has 1 aromatic heterocycles. The number of anilines is 1. The number of nitrogens with one attached hydrogen (secondary N) is 1. The maximum Gasteiger partial charge on any atom is 0.144 e. The Balaban J connectivity index is 2.27. The number of aromatic nitrogens is 1. The number of fused-ring (bicyclic) bond motifs is 1. The van der Waals surface area contributed by atoms with Crippen LogP contribution in [0.5, 0.6) is 0 Å². The molecule has 0 fully saturated rings. The zero-order valence-corrected chi connectivity index (χ0v) is 13.6. The molecule has 0 bridgehead atoms. The fraction of sp³-hybridized carbons (Fsp3) is 0.647. The summed E-state index contributed by atoms with van der Waals surface area (Å²) in [6.07, 6.45) is 4.51. The van der Waals surface area contributed by atoms with E-state index in [4.69, 9.17) is 4.98 Å². The molecule has 1 heterocycles. The number of nitriles is 1. The second-order valence-electron chi connectivity index (χ2n) is 6.57. The van der Waals surface area contributed by atoms with E-state index in [0.29, 0.717) is 17.5 Å². The third kappa shape index (κ3) is 3.95. The van der Waals surface area contributed by atoms with Crippen molar-refractivity contribution in [1.82, 2.24) is 9.88 Å². The van der Waals surface area contributed by atoms with Gasteiger partial charge in [0, 0.05) is 18.3 Å². The molecule has 0 aromatic carbocycles. The highest BCUT2D eigenvalue weighted by Crippen LogP contribution is 2.25. The summed E-state index contributed by atoms with van der Waals surface area (Å²) in [5, 5.41) is 12.9. The molecule has 0 saturated carbocycles. The SMILES string of the molecule is CC(C)C(CN(C)C)Nc1nc2c(cc1C#N)CCCC2. The summed E-state index contributed by atoms with van der Waals surface area (Å²) in [5.74, 6) is 1.25. The minimum absolute atomic E-state index is 0.293. The van der Waals surface area contributed by atoms with E-state index in [0.717, 1.165) is 25.2 Å². The van der Waals surface area contributed by atoms with E-state index >= 15 is 0 Å². The highest BCUT2D eigenvalue weighted by atomic mass is 15.1. The summed E-state index contributed by atoms with van der Waals surface area (Å²) < 4.78 is 0. The van der Waals surface area contributed by atoms with Gasteiger partial charge in [0.15, 0.2) is 0 Å². The first-order valence-corrected chi connectivity index (χ1v) is 7.85. The molecule has 4 heteroatoms. The molecule has 1 atom stereocenters. The Morgan fingerprint density at radius 3 is 2.67 bits per heavy atom. The number of nitrogens with zero attached hydrogens (tertiary/aromatic N) is 3. The van der Waals surface area contributed by atoms with Crippen molar-refractivity contribution < 1.29 is 0 Å². The maximum atomic E-state index is 9.41. The minimum Gasteiger partial charge on any atom is -0.365 e. The van der Waals surface area contributed by atoms with Crippen molar-refractivity contribution in [2.75, 3.05) is 26.0 Å². The van der Waals surface area contributed by atoms with Crippen LogP contribution in [0.2, 0.25) is 0 Å². The van der Waals surface area contributed by atoms with Crippen LogP contribution in [0.1, 0.15) is 43.5 Å². The fourth-order valence-corrected chi connectivity index (χ4v) is 2.82. The van der Waals surface area contributed by atoms with E-state index in [1.165, 1.54) is 24.1 Å². The van der Waals surface area contributed by atoms with E-state index < -0.39 is 0 Å². The summed E-state index contributed by atoms with van der Waals surface area (Å²) in [5.41, 5.74) is 3.12. The van der Waals surface area contributed by atoms with Gasteiger partial charge in [-0.2, -0.15) is 5.26 Å². The lowest BCUT2D eigenvalue weighted by atomic mass is 9.94. The molecule has 0 radical (unpaired) electrons. The van der Waals surface area contributed by atoms with Gasteiger partial charge in [0.25, 0.3) is 0 Å². The topological polar surface area (TPSA) is 52.0 Å². The van der Waals surface area contributed by atoms with Gasteiger partial charge in [-0.25, -0.2) is 4.98 Å². The van der Waals surface area contributed by atoms with Gasteiger partial charge in [-0.3, -0.25) is 0 Å². The monoisotopic (exact) mass is 286 g/mol. The van der Waals surface area contributed by atoms with Gasteiger partial charge in [-0.15, -0.1) is 0 Å². The molecule has 0 aliphatic heterocycles. The summed E-state index contributed by atoms with van der Waals surface area (Å²) in [7, 11) is 4.14. The Kier molecular flexibility index (Phi) is 5.19. The van der Waals surface area contributed by atoms with Gasteiger partial charge < -0.3 is 10.2 Å². The number of hydrogen-bond donors (Lipinski definition) is 1. The van der Waals surface area contributed by atoms with Crippen LogP contribution >= 0.6 is 0 Å². The van der Waals surface area contributed by atoms with Crippen LogP contribution in [0.4, 0.5) is 5.82 Å². The Morgan fingerprint density at radius 1 is 1.33 bits per heavy atom. The molecule has 1 aliphatic rings. The predicted molar refractivity (Wildman–Crippen MR) is 86.4 cm³/mol. The molecule has 21 heavy (non-hydrogen) atoms. The number of likely N-dealkylation sites (N-methyl/N-ethyl adjacent to an activating group) is 1. The third-order valence-corrected chi connectivity index (χ3v) is 4.11. The van der Waals surface area contributed by atoms with Crippen LogP contribution in [0.15, 0.2) is 6.07 Å². The molecule has 1 unspecified atom stereocenters. The average Bonchev–Trinajstić information content (AvgIpc) is 2.45. The number of pyridine rings is 1. The molecule has 4 nitrogen and oxygen atoms in total. The Morgan fingerprint density at radius 2 is 2.05 bits per heavy atom. The van der Waals surface area contributed by atoms with Crippen LogP contribution < -0.4 is 5.32 Å². The summed E-state index contributed by atoms with van der Waals surface area (Å²) >= 11 is 0. The quantitative estimate of drug-likeness (QED) is 0.904. The number of hydrogen-bond acceptors (Lipinski definition) is 4. The molecule has 0 saturated heterocycles. The molecule has 0 amide bonds. The molecule has 2 rings (SSSR count). The van der Waals surface area contributed by atoms with Crippen molar-refractivity contribution in [1.29, 1.82) is 5.26 Å².